The summed E-state index contributed by atoms with van der Waals surface area (Å²) in [5.74, 6) is 0.644. The number of thiocarbonyl (C=S) groups is 1. The molecular weight excluding hydrogens is 248 g/mol. The Morgan fingerprint density at radius 2 is 2.06 bits per heavy atom. The molecule has 0 bridgehead atoms. The number of anilines is 1. The molecular formula is C12H18N4OS. The van der Waals surface area contributed by atoms with Crippen molar-refractivity contribution in [2.75, 3.05) is 5.32 Å². The van der Waals surface area contributed by atoms with Gasteiger partial charge in [0.2, 0.25) is 5.91 Å². The maximum atomic E-state index is 12.2. The smallest absolute Gasteiger partial charge is 0.228 e. The minimum Gasteiger partial charge on any atom is -0.389 e. The molecule has 1 aliphatic rings. The molecule has 1 fully saturated rings. The zero-order valence-corrected chi connectivity index (χ0v) is 11.1. The molecule has 1 saturated carbocycles. The van der Waals surface area contributed by atoms with Crippen LogP contribution in [0.1, 0.15) is 44.1 Å². The van der Waals surface area contributed by atoms with Gasteiger partial charge >= 0.3 is 0 Å². The predicted octanol–water partition coefficient (Wildman–Crippen LogP) is 1.95. The van der Waals surface area contributed by atoms with Crippen molar-refractivity contribution in [1.29, 1.82) is 0 Å². The van der Waals surface area contributed by atoms with Gasteiger partial charge in [0, 0.05) is 5.92 Å². The summed E-state index contributed by atoms with van der Waals surface area (Å²) in [6.45, 7) is 0. The molecule has 5 nitrogen and oxygen atoms in total. The molecule has 1 heterocycles. The predicted molar refractivity (Wildman–Crippen MR) is 74.3 cm³/mol. The molecule has 1 aromatic heterocycles. The molecule has 1 aliphatic carbocycles. The number of hydrogen-bond donors (Lipinski definition) is 3. The summed E-state index contributed by atoms with van der Waals surface area (Å²) in [5.41, 5.74) is 6.15. The van der Waals surface area contributed by atoms with Crippen LogP contribution in [-0.4, -0.2) is 21.1 Å². The molecule has 0 spiro atoms. The number of carbonyl (C=O) groups excluding carboxylic acids is 1. The van der Waals surface area contributed by atoms with Gasteiger partial charge < -0.3 is 11.1 Å². The van der Waals surface area contributed by atoms with Crippen molar-refractivity contribution in [1.82, 2.24) is 10.2 Å². The molecule has 0 unspecified atom stereocenters. The Hall–Kier alpha value is -1.43. The standard InChI is InChI=1S/C12H18N4OS/c13-10(18)9-7-14-16-11(9)15-12(17)8-5-3-1-2-4-6-8/h7-8H,1-6H2,(H2,13,18)(H2,14,15,16,17). The summed E-state index contributed by atoms with van der Waals surface area (Å²) in [7, 11) is 0. The van der Waals surface area contributed by atoms with Gasteiger partial charge in [-0.15, -0.1) is 0 Å². The van der Waals surface area contributed by atoms with E-state index in [2.05, 4.69) is 15.5 Å². The topological polar surface area (TPSA) is 83.8 Å². The summed E-state index contributed by atoms with van der Waals surface area (Å²) < 4.78 is 0. The number of nitrogens with two attached hydrogens (primary N) is 1. The van der Waals surface area contributed by atoms with Gasteiger partial charge in [0.1, 0.15) is 10.8 Å². The summed E-state index contributed by atoms with van der Waals surface area (Å²) in [6, 6.07) is 0. The Labute approximate surface area is 112 Å². The largest absolute Gasteiger partial charge is 0.389 e. The quantitative estimate of drug-likeness (QED) is 0.577. The van der Waals surface area contributed by atoms with E-state index >= 15 is 0 Å². The number of H-pyrrole nitrogens is 1. The number of aromatic nitrogens is 2. The fourth-order valence-corrected chi connectivity index (χ4v) is 2.49. The van der Waals surface area contributed by atoms with Crippen molar-refractivity contribution >= 4 is 28.9 Å². The molecule has 0 aromatic carbocycles. The van der Waals surface area contributed by atoms with Crippen LogP contribution in [0.4, 0.5) is 5.82 Å². The average Bonchev–Trinajstić information content (AvgIpc) is 2.63. The lowest BCUT2D eigenvalue weighted by Crippen LogP contribution is -2.24. The Morgan fingerprint density at radius 3 is 2.67 bits per heavy atom. The number of hydrogen-bond acceptors (Lipinski definition) is 3. The van der Waals surface area contributed by atoms with Crippen LogP contribution in [0.5, 0.6) is 0 Å². The molecule has 0 aliphatic heterocycles. The summed E-state index contributed by atoms with van der Waals surface area (Å²) in [4.78, 5) is 12.4. The van der Waals surface area contributed by atoms with Crippen molar-refractivity contribution in [3.8, 4) is 0 Å². The maximum Gasteiger partial charge on any atom is 0.228 e. The molecule has 1 aromatic rings. The minimum atomic E-state index is 0.0404. The van der Waals surface area contributed by atoms with Crippen LogP contribution in [0.3, 0.4) is 0 Å². The third kappa shape index (κ3) is 3.07. The SMILES string of the molecule is NC(=S)c1cn[nH]c1NC(=O)C1CCCCCC1. The number of amides is 1. The normalized spacial score (nSPS) is 17.1. The van der Waals surface area contributed by atoms with Crippen LogP contribution in [0.15, 0.2) is 6.20 Å². The van der Waals surface area contributed by atoms with E-state index in [1.54, 1.807) is 0 Å². The molecule has 1 amide bonds. The third-order valence-corrected chi connectivity index (χ3v) is 3.60. The third-order valence-electron chi connectivity index (χ3n) is 3.38. The van der Waals surface area contributed by atoms with E-state index in [9.17, 15) is 4.79 Å². The molecule has 2 rings (SSSR count). The van der Waals surface area contributed by atoms with E-state index in [0.29, 0.717) is 11.4 Å². The van der Waals surface area contributed by atoms with E-state index < -0.39 is 0 Å². The van der Waals surface area contributed by atoms with Crippen molar-refractivity contribution in [2.45, 2.75) is 38.5 Å². The summed E-state index contributed by atoms with van der Waals surface area (Å²) in [6.07, 6.45) is 8.17. The lowest BCUT2D eigenvalue weighted by molar-refractivity contribution is -0.120. The van der Waals surface area contributed by atoms with E-state index in [1.807, 2.05) is 0 Å². The first kappa shape index (κ1) is 13.0. The minimum absolute atomic E-state index is 0.0404. The molecule has 0 radical (unpaired) electrons. The van der Waals surface area contributed by atoms with Gasteiger partial charge in [0.15, 0.2) is 0 Å². The van der Waals surface area contributed by atoms with E-state index in [4.69, 9.17) is 18.0 Å². The Kier molecular flexibility index (Phi) is 4.30. The number of carbonyl (C=O) groups is 1. The molecule has 6 heteroatoms. The molecule has 4 N–H and O–H groups in total. The van der Waals surface area contributed by atoms with Crippen LogP contribution >= 0.6 is 12.2 Å². The zero-order chi connectivity index (χ0) is 13.0. The highest BCUT2D eigenvalue weighted by atomic mass is 32.1. The Morgan fingerprint density at radius 1 is 1.39 bits per heavy atom. The fourth-order valence-electron chi connectivity index (χ4n) is 2.34. The number of nitrogens with zero attached hydrogens (tertiary/aromatic N) is 1. The lowest BCUT2D eigenvalue weighted by Gasteiger charge is -2.13. The molecule has 0 atom stereocenters. The molecule has 18 heavy (non-hydrogen) atoms. The van der Waals surface area contributed by atoms with Crippen molar-refractivity contribution < 1.29 is 4.79 Å². The highest BCUT2D eigenvalue weighted by Gasteiger charge is 2.21. The number of nitrogens with one attached hydrogen (secondary N) is 2. The second kappa shape index (κ2) is 5.95. The monoisotopic (exact) mass is 266 g/mol. The summed E-state index contributed by atoms with van der Waals surface area (Å²) >= 11 is 4.90. The first-order chi connectivity index (χ1) is 8.68. The second-order valence-electron chi connectivity index (χ2n) is 4.70. The van der Waals surface area contributed by atoms with Crippen LogP contribution in [0.2, 0.25) is 0 Å². The van der Waals surface area contributed by atoms with E-state index in [0.717, 1.165) is 25.7 Å². The van der Waals surface area contributed by atoms with Gasteiger partial charge in [-0.2, -0.15) is 5.10 Å². The van der Waals surface area contributed by atoms with Gasteiger partial charge in [-0.1, -0.05) is 37.9 Å². The Bertz CT molecular complexity index is 435. The Balaban J connectivity index is 2.01. The van der Waals surface area contributed by atoms with E-state index in [1.165, 1.54) is 19.0 Å². The van der Waals surface area contributed by atoms with Gasteiger partial charge in [0.05, 0.1) is 11.8 Å². The van der Waals surface area contributed by atoms with E-state index in [-0.39, 0.29) is 16.8 Å². The van der Waals surface area contributed by atoms with Crippen molar-refractivity contribution in [3.05, 3.63) is 11.8 Å². The van der Waals surface area contributed by atoms with Crippen LogP contribution in [0.25, 0.3) is 0 Å². The van der Waals surface area contributed by atoms with Crippen molar-refractivity contribution in [3.63, 3.8) is 0 Å². The van der Waals surface area contributed by atoms with Gasteiger partial charge in [0.25, 0.3) is 0 Å². The first-order valence-corrected chi connectivity index (χ1v) is 6.73. The fraction of sp³-hybridized carbons (Fsp3) is 0.583. The summed E-state index contributed by atoms with van der Waals surface area (Å²) in [5, 5.41) is 9.42. The van der Waals surface area contributed by atoms with Gasteiger partial charge in [-0.25, -0.2) is 0 Å². The van der Waals surface area contributed by atoms with Gasteiger partial charge in [-0.05, 0) is 12.8 Å². The highest BCUT2D eigenvalue weighted by molar-refractivity contribution is 7.80. The lowest BCUT2D eigenvalue weighted by atomic mass is 9.99. The highest BCUT2D eigenvalue weighted by Crippen LogP contribution is 2.24. The van der Waals surface area contributed by atoms with Gasteiger partial charge in [-0.3, -0.25) is 9.89 Å². The van der Waals surface area contributed by atoms with Crippen LogP contribution in [0, 0.1) is 5.92 Å². The van der Waals surface area contributed by atoms with Crippen LogP contribution < -0.4 is 11.1 Å². The maximum absolute atomic E-state index is 12.2. The first-order valence-electron chi connectivity index (χ1n) is 6.32. The second-order valence-corrected chi connectivity index (χ2v) is 5.14. The zero-order valence-electron chi connectivity index (χ0n) is 10.2. The number of aromatic amines is 1. The van der Waals surface area contributed by atoms with Crippen LogP contribution in [-0.2, 0) is 4.79 Å². The molecule has 98 valence electrons. The van der Waals surface area contributed by atoms with Crippen molar-refractivity contribution in [2.24, 2.45) is 11.7 Å². The number of rotatable bonds is 3. The average molecular weight is 266 g/mol. The molecule has 0 saturated heterocycles.